The van der Waals surface area contributed by atoms with Crippen LogP contribution in [0.15, 0.2) is 54.6 Å². The number of rotatable bonds is 5. The summed E-state index contributed by atoms with van der Waals surface area (Å²) >= 11 is 0. The van der Waals surface area contributed by atoms with Gasteiger partial charge in [0.1, 0.15) is 0 Å². The highest BCUT2D eigenvalue weighted by atomic mass is 19.3. The number of carbonyl (C=O) groups excluding carboxylic acids is 1. The summed E-state index contributed by atoms with van der Waals surface area (Å²) in [5.41, 5.74) is 2.49. The monoisotopic (exact) mass is 478 g/mol. The molecule has 2 aromatic rings. The van der Waals surface area contributed by atoms with Crippen LogP contribution in [-0.2, 0) is 10.7 Å². The summed E-state index contributed by atoms with van der Waals surface area (Å²) in [6.07, 6.45) is 5.93. The average Bonchev–Trinajstić information content (AvgIpc) is 3.21. The topological polar surface area (TPSA) is 23.6 Å². The Morgan fingerprint density at radius 2 is 1.51 bits per heavy atom. The van der Waals surface area contributed by atoms with Crippen molar-refractivity contribution in [2.24, 2.45) is 17.8 Å². The molecule has 2 aliphatic heterocycles. The molecule has 2 saturated heterocycles. The van der Waals surface area contributed by atoms with Crippen molar-refractivity contribution < 1.29 is 13.6 Å². The summed E-state index contributed by atoms with van der Waals surface area (Å²) in [5, 5.41) is 0. The van der Waals surface area contributed by atoms with Crippen molar-refractivity contribution in [2.45, 2.75) is 62.8 Å². The maximum atomic E-state index is 13.8. The summed E-state index contributed by atoms with van der Waals surface area (Å²) in [6.45, 7) is 4.51. The summed E-state index contributed by atoms with van der Waals surface area (Å²) in [7, 11) is 0. The zero-order valence-corrected chi connectivity index (χ0v) is 20.6. The zero-order valence-electron chi connectivity index (χ0n) is 20.6. The molecule has 5 heteroatoms. The third-order valence-electron chi connectivity index (χ3n) is 9.36. The number of alkyl halides is 2. The third kappa shape index (κ3) is 4.52. The number of fused-ring (bicyclic) bond motifs is 1. The molecule has 0 N–H and O–H groups in total. The van der Waals surface area contributed by atoms with Crippen molar-refractivity contribution in [3.63, 3.8) is 0 Å². The van der Waals surface area contributed by atoms with Crippen LogP contribution in [0.25, 0.3) is 0 Å². The van der Waals surface area contributed by atoms with E-state index in [0.29, 0.717) is 36.2 Å². The molecule has 1 amide bonds. The summed E-state index contributed by atoms with van der Waals surface area (Å²) in [5.74, 6) is -0.417. The number of nitrogens with zero attached hydrogens (tertiary/aromatic N) is 2. The van der Waals surface area contributed by atoms with Gasteiger partial charge in [0, 0.05) is 56.5 Å². The van der Waals surface area contributed by atoms with E-state index < -0.39 is 5.92 Å². The number of halogens is 2. The van der Waals surface area contributed by atoms with E-state index >= 15 is 0 Å². The molecule has 6 rings (SSSR count). The smallest absolute Gasteiger partial charge is 0.270 e. The molecule has 35 heavy (non-hydrogen) atoms. The minimum atomic E-state index is -2.83. The van der Waals surface area contributed by atoms with Gasteiger partial charge >= 0.3 is 0 Å². The highest BCUT2D eigenvalue weighted by molar-refractivity contribution is 5.83. The number of piperidine rings is 1. The molecule has 2 saturated carbocycles. The van der Waals surface area contributed by atoms with Crippen LogP contribution in [0.2, 0.25) is 0 Å². The third-order valence-corrected chi connectivity index (χ3v) is 9.36. The lowest BCUT2D eigenvalue weighted by Crippen LogP contribution is -2.40. The van der Waals surface area contributed by atoms with E-state index in [4.69, 9.17) is 0 Å². The number of hydrogen-bond donors (Lipinski definition) is 0. The molecule has 4 fully saturated rings. The molecule has 0 aromatic heterocycles. The minimum absolute atomic E-state index is 0.0643. The molecular weight excluding hydrogens is 442 g/mol. The molecule has 2 unspecified atom stereocenters. The van der Waals surface area contributed by atoms with Crippen molar-refractivity contribution in [2.75, 3.05) is 26.2 Å². The van der Waals surface area contributed by atoms with Crippen molar-refractivity contribution in [1.29, 1.82) is 0 Å². The molecule has 2 heterocycles. The van der Waals surface area contributed by atoms with Gasteiger partial charge in [-0.15, -0.1) is 0 Å². The molecule has 0 bridgehead atoms. The lowest BCUT2D eigenvalue weighted by atomic mass is 9.81. The van der Waals surface area contributed by atoms with E-state index in [2.05, 4.69) is 35.2 Å². The Hall–Kier alpha value is -2.27. The Labute approximate surface area is 207 Å². The minimum Gasteiger partial charge on any atom is -0.342 e. The van der Waals surface area contributed by atoms with Crippen LogP contribution >= 0.6 is 0 Å². The molecule has 4 aliphatic rings. The van der Waals surface area contributed by atoms with Gasteiger partial charge in [-0.25, -0.2) is 8.78 Å². The maximum Gasteiger partial charge on any atom is 0.270 e. The Balaban J connectivity index is 0.995. The fraction of sp³-hybridized carbons (Fsp3) is 0.567. The largest absolute Gasteiger partial charge is 0.342 e. The fourth-order valence-electron chi connectivity index (χ4n) is 7.23. The Kier molecular flexibility index (Phi) is 5.95. The van der Waals surface area contributed by atoms with E-state index in [1.165, 1.54) is 37.3 Å². The van der Waals surface area contributed by atoms with Gasteiger partial charge < -0.3 is 4.90 Å². The Morgan fingerprint density at radius 3 is 2.20 bits per heavy atom. The van der Waals surface area contributed by atoms with Gasteiger partial charge in [0.25, 0.3) is 5.92 Å². The van der Waals surface area contributed by atoms with E-state index in [9.17, 15) is 13.6 Å². The van der Waals surface area contributed by atoms with Crippen molar-refractivity contribution in [3.05, 3.63) is 71.3 Å². The number of benzene rings is 2. The van der Waals surface area contributed by atoms with E-state index in [0.717, 1.165) is 38.5 Å². The first-order valence-corrected chi connectivity index (χ1v) is 13.4. The average molecular weight is 479 g/mol. The second-order valence-electron chi connectivity index (χ2n) is 11.5. The van der Waals surface area contributed by atoms with Gasteiger partial charge in [-0.2, -0.15) is 0 Å². The summed E-state index contributed by atoms with van der Waals surface area (Å²) in [6, 6.07) is 18.4. The highest BCUT2D eigenvalue weighted by Crippen LogP contribution is 2.54. The van der Waals surface area contributed by atoms with Gasteiger partial charge in [-0.05, 0) is 67.1 Å². The van der Waals surface area contributed by atoms with E-state index in [-0.39, 0.29) is 17.4 Å². The number of hydrogen-bond acceptors (Lipinski definition) is 2. The molecule has 0 radical (unpaired) electrons. The van der Waals surface area contributed by atoms with Crippen molar-refractivity contribution in [1.82, 2.24) is 9.80 Å². The van der Waals surface area contributed by atoms with E-state index in [1.807, 2.05) is 11.0 Å². The first-order chi connectivity index (χ1) is 16.9. The zero-order chi connectivity index (χ0) is 24.2. The molecule has 2 aromatic carbocycles. The number of amides is 1. The van der Waals surface area contributed by atoms with Gasteiger partial charge in [0.2, 0.25) is 5.91 Å². The van der Waals surface area contributed by atoms with Gasteiger partial charge in [0.15, 0.2) is 0 Å². The standard InChI is InChI=1S/C30H36F2N2O/c1-30(31,32)24-9-5-8-22(16-24)23-14-15-33(17-23)29(35)28-26-18-34(19-27(26)28)25-12-10-21(11-13-25)20-6-3-2-4-7-20/h2-9,16,21,23,25-28H,10-15,17-19H2,1H3/t21?,23?,25?,26-,27+,28?. The Morgan fingerprint density at radius 1 is 0.829 bits per heavy atom. The highest BCUT2D eigenvalue weighted by Gasteiger charge is 2.61. The molecule has 0 spiro atoms. The molecular formula is C30H36F2N2O. The summed E-state index contributed by atoms with van der Waals surface area (Å²) in [4.78, 5) is 18.0. The lowest BCUT2D eigenvalue weighted by Gasteiger charge is -2.36. The van der Waals surface area contributed by atoms with E-state index in [1.54, 1.807) is 12.1 Å². The predicted molar refractivity (Wildman–Crippen MR) is 133 cm³/mol. The van der Waals surface area contributed by atoms with Gasteiger partial charge in [-0.1, -0.05) is 48.5 Å². The van der Waals surface area contributed by atoms with Crippen LogP contribution in [0.5, 0.6) is 0 Å². The normalized spacial score (nSPS) is 33.1. The van der Waals surface area contributed by atoms with Crippen molar-refractivity contribution in [3.8, 4) is 0 Å². The quantitative estimate of drug-likeness (QED) is 0.525. The Bertz CT molecular complexity index is 1050. The molecule has 186 valence electrons. The van der Waals surface area contributed by atoms with Crippen LogP contribution in [0.3, 0.4) is 0 Å². The SMILES string of the molecule is CC(F)(F)c1cccc(C2CCN(C(=O)C3[C@H]4CN(C5CCC(c6ccccc6)CC5)C[C@@H]34)C2)c1. The number of carbonyl (C=O) groups is 1. The lowest BCUT2D eigenvalue weighted by molar-refractivity contribution is -0.132. The van der Waals surface area contributed by atoms with Crippen LogP contribution < -0.4 is 0 Å². The second kappa shape index (κ2) is 8.99. The predicted octanol–water partition coefficient (Wildman–Crippen LogP) is 6.02. The first-order valence-electron chi connectivity index (χ1n) is 13.4. The van der Waals surface area contributed by atoms with Crippen LogP contribution in [-0.4, -0.2) is 47.9 Å². The van der Waals surface area contributed by atoms with Crippen LogP contribution in [0.4, 0.5) is 8.78 Å². The van der Waals surface area contributed by atoms with Crippen LogP contribution in [0.1, 0.15) is 67.6 Å². The molecule has 4 atom stereocenters. The fourth-order valence-corrected chi connectivity index (χ4v) is 7.23. The van der Waals surface area contributed by atoms with Gasteiger partial charge in [0.05, 0.1) is 0 Å². The summed E-state index contributed by atoms with van der Waals surface area (Å²) < 4.78 is 27.5. The molecule has 2 aliphatic carbocycles. The molecule has 3 nitrogen and oxygen atoms in total. The second-order valence-corrected chi connectivity index (χ2v) is 11.5. The maximum absolute atomic E-state index is 13.8. The first kappa shape index (κ1) is 23.1. The van der Waals surface area contributed by atoms with Crippen LogP contribution in [0, 0.1) is 17.8 Å². The van der Waals surface area contributed by atoms with Gasteiger partial charge in [-0.3, -0.25) is 9.69 Å². The van der Waals surface area contributed by atoms with Crippen molar-refractivity contribution >= 4 is 5.91 Å². The number of likely N-dealkylation sites (tertiary alicyclic amines) is 2.